The Kier molecular flexibility index (Phi) is 4.75. The zero-order valence-electron chi connectivity index (χ0n) is 23.8. The van der Waals surface area contributed by atoms with Crippen LogP contribution in [0.25, 0.3) is 92.9 Å². The second-order valence-corrected chi connectivity index (χ2v) is 11.7. The zero-order chi connectivity index (χ0) is 28.8. The van der Waals surface area contributed by atoms with Gasteiger partial charge >= 0.3 is 0 Å². The highest BCUT2D eigenvalue weighted by Gasteiger charge is 2.20. The molecule has 204 valence electrons. The van der Waals surface area contributed by atoms with E-state index < -0.39 is 0 Å². The number of rotatable bonds is 2. The maximum absolute atomic E-state index is 6.37. The molecule has 0 saturated carbocycles. The van der Waals surface area contributed by atoms with Gasteiger partial charge in [0, 0.05) is 32.3 Å². The van der Waals surface area contributed by atoms with Crippen LogP contribution in [0, 0.1) is 0 Å². The molecule has 44 heavy (non-hydrogen) atoms. The van der Waals surface area contributed by atoms with Crippen molar-refractivity contribution in [2.45, 2.75) is 0 Å². The van der Waals surface area contributed by atoms with Gasteiger partial charge in [0.1, 0.15) is 11.2 Å². The van der Waals surface area contributed by atoms with Crippen molar-refractivity contribution in [3.63, 3.8) is 0 Å². The van der Waals surface area contributed by atoms with Gasteiger partial charge in [-0.3, -0.25) is 0 Å². The highest BCUT2D eigenvalue weighted by atomic mass is 16.3. The summed E-state index contributed by atoms with van der Waals surface area (Å²) in [6, 6.07) is 54.9. The van der Waals surface area contributed by atoms with E-state index in [0.29, 0.717) is 0 Å². The van der Waals surface area contributed by atoms with E-state index in [-0.39, 0.29) is 0 Å². The summed E-state index contributed by atoms with van der Waals surface area (Å²) in [6.07, 6.45) is 0. The maximum atomic E-state index is 6.37. The lowest BCUT2D eigenvalue weighted by Gasteiger charge is -2.19. The minimum atomic E-state index is 0.912. The van der Waals surface area contributed by atoms with Gasteiger partial charge in [-0.2, -0.15) is 0 Å². The molecule has 2 nitrogen and oxygen atoms in total. The fourth-order valence-corrected chi connectivity index (χ4v) is 7.44. The van der Waals surface area contributed by atoms with E-state index in [2.05, 4.69) is 156 Å². The summed E-state index contributed by atoms with van der Waals surface area (Å²) in [5.74, 6) is 0. The van der Waals surface area contributed by atoms with Crippen molar-refractivity contribution >= 4 is 76.1 Å². The molecule has 8 aromatic carbocycles. The van der Waals surface area contributed by atoms with Crippen molar-refractivity contribution in [3.05, 3.63) is 152 Å². The number of nitrogens with zero attached hydrogens (tertiary/aromatic N) is 1. The van der Waals surface area contributed by atoms with Crippen LogP contribution in [-0.2, 0) is 0 Å². The second kappa shape index (κ2) is 8.82. The Labute approximate surface area is 253 Å². The number of hydrogen-bond acceptors (Lipinski definition) is 1. The monoisotopic (exact) mass is 559 g/mol. The molecule has 0 aliphatic rings. The number of fused-ring (bicyclic) bond motifs is 9. The van der Waals surface area contributed by atoms with Crippen LogP contribution in [0.3, 0.4) is 0 Å². The first-order valence-electron chi connectivity index (χ1n) is 15.1. The van der Waals surface area contributed by atoms with Crippen LogP contribution in [0.1, 0.15) is 0 Å². The average Bonchev–Trinajstić information content (AvgIpc) is 3.60. The Morgan fingerprint density at radius 1 is 0.364 bits per heavy atom. The van der Waals surface area contributed by atoms with E-state index in [1.54, 1.807) is 0 Å². The third-order valence-electron chi connectivity index (χ3n) is 9.33. The minimum absolute atomic E-state index is 0.912. The SMILES string of the molecule is c1ccc2cc3c(cc2c1)oc1ccc(-c2c4ccccc4c(-n4c5ccccc5c5ccccc54)c4ccccc24)cc13. The van der Waals surface area contributed by atoms with Crippen molar-refractivity contribution in [1.82, 2.24) is 4.57 Å². The smallest absolute Gasteiger partial charge is 0.136 e. The average molecular weight is 560 g/mol. The Hall–Kier alpha value is -5.86. The largest absolute Gasteiger partial charge is 0.456 e. The fourth-order valence-electron chi connectivity index (χ4n) is 7.44. The van der Waals surface area contributed by atoms with Gasteiger partial charge in [0.25, 0.3) is 0 Å². The third kappa shape index (κ3) is 3.20. The van der Waals surface area contributed by atoms with Crippen molar-refractivity contribution < 1.29 is 4.42 Å². The van der Waals surface area contributed by atoms with Crippen molar-refractivity contribution in [3.8, 4) is 16.8 Å². The van der Waals surface area contributed by atoms with Crippen LogP contribution < -0.4 is 0 Å². The highest BCUT2D eigenvalue weighted by Crippen LogP contribution is 2.45. The molecule has 0 saturated heterocycles. The van der Waals surface area contributed by atoms with Crippen LogP contribution in [0.2, 0.25) is 0 Å². The van der Waals surface area contributed by atoms with Crippen LogP contribution in [0.15, 0.2) is 156 Å². The Balaban J connectivity index is 1.33. The fraction of sp³-hybridized carbons (Fsp3) is 0. The standard InChI is InChI=1S/C42H25NO/c1-2-12-27-25-40-36(23-26(27)11-1)35-24-28(21-22-39(35)44-40)41-31-15-3-5-17-33(31)42(34-18-6-4-16-32(34)41)43-37-19-9-7-13-29(37)30-14-8-10-20-38(30)43/h1-25H. The minimum Gasteiger partial charge on any atom is -0.456 e. The molecule has 0 unspecified atom stereocenters. The Morgan fingerprint density at radius 2 is 0.864 bits per heavy atom. The lowest BCUT2D eigenvalue weighted by atomic mass is 9.90. The number of hydrogen-bond donors (Lipinski definition) is 0. The summed E-state index contributed by atoms with van der Waals surface area (Å²) in [7, 11) is 0. The number of benzene rings is 8. The zero-order valence-corrected chi connectivity index (χ0v) is 23.8. The summed E-state index contributed by atoms with van der Waals surface area (Å²) in [4.78, 5) is 0. The summed E-state index contributed by atoms with van der Waals surface area (Å²) >= 11 is 0. The van der Waals surface area contributed by atoms with Crippen molar-refractivity contribution in [2.75, 3.05) is 0 Å². The summed E-state index contributed by atoms with van der Waals surface area (Å²) in [5, 5.41) is 12.2. The van der Waals surface area contributed by atoms with Crippen LogP contribution in [0.5, 0.6) is 0 Å². The van der Waals surface area contributed by atoms with Gasteiger partial charge in [-0.1, -0.05) is 115 Å². The molecule has 10 rings (SSSR count). The van der Waals surface area contributed by atoms with Crippen LogP contribution in [-0.4, -0.2) is 4.57 Å². The van der Waals surface area contributed by atoms with Gasteiger partial charge in [0.05, 0.1) is 16.7 Å². The van der Waals surface area contributed by atoms with Gasteiger partial charge in [0.15, 0.2) is 0 Å². The predicted octanol–water partition coefficient (Wildman–Crippen LogP) is 11.8. The number of para-hydroxylation sites is 2. The first kappa shape index (κ1) is 23.7. The van der Waals surface area contributed by atoms with E-state index in [1.165, 1.54) is 70.9 Å². The third-order valence-corrected chi connectivity index (χ3v) is 9.33. The van der Waals surface area contributed by atoms with Crippen molar-refractivity contribution in [1.29, 1.82) is 0 Å². The Morgan fingerprint density at radius 3 is 1.50 bits per heavy atom. The quantitative estimate of drug-likeness (QED) is 0.193. The maximum Gasteiger partial charge on any atom is 0.136 e. The van der Waals surface area contributed by atoms with Crippen LogP contribution in [0.4, 0.5) is 0 Å². The van der Waals surface area contributed by atoms with Gasteiger partial charge in [-0.15, -0.1) is 0 Å². The van der Waals surface area contributed by atoms with Crippen LogP contribution >= 0.6 is 0 Å². The van der Waals surface area contributed by atoms with E-state index in [0.717, 1.165) is 21.9 Å². The molecule has 0 radical (unpaired) electrons. The molecule has 0 atom stereocenters. The number of furan rings is 1. The Bertz CT molecular complexity index is 2670. The molecule has 0 spiro atoms. The lowest BCUT2D eigenvalue weighted by Crippen LogP contribution is -1.99. The number of aromatic nitrogens is 1. The molecule has 10 aromatic rings. The van der Waals surface area contributed by atoms with E-state index in [1.807, 2.05) is 0 Å². The molecular formula is C42H25NO. The second-order valence-electron chi connectivity index (χ2n) is 11.7. The van der Waals surface area contributed by atoms with Gasteiger partial charge in [0.2, 0.25) is 0 Å². The van der Waals surface area contributed by atoms with E-state index in [9.17, 15) is 0 Å². The summed E-state index contributed by atoms with van der Waals surface area (Å²) < 4.78 is 8.84. The molecule has 2 heteroatoms. The predicted molar refractivity (Wildman–Crippen MR) is 186 cm³/mol. The molecule has 0 fully saturated rings. The molecule has 0 aliphatic carbocycles. The summed E-state index contributed by atoms with van der Waals surface area (Å²) in [5.41, 5.74) is 7.93. The first-order valence-corrected chi connectivity index (χ1v) is 15.1. The van der Waals surface area contributed by atoms with Gasteiger partial charge in [-0.25, -0.2) is 0 Å². The van der Waals surface area contributed by atoms with E-state index in [4.69, 9.17) is 4.42 Å². The summed E-state index contributed by atoms with van der Waals surface area (Å²) in [6.45, 7) is 0. The van der Waals surface area contributed by atoms with Gasteiger partial charge in [-0.05, 0) is 69.1 Å². The lowest BCUT2D eigenvalue weighted by molar-refractivity contribution is 0.669. The normalized spacial score (nSPS) is 12.1. The molecule has 0 amide bonds. The molecule has 2 heterocycles. The highest BCUT2D eigenvalue weighted by molar-refractivity contribution is 6.22. The van der Waals surface area contributed by atoms with Crippen molar-refractivity contribution in [2.24, 2.45) is 0 Å². The molecule has 0 bridgehead atoms. The topological polar surface area (TPSA) is 18.1 Å². The first-order chi connectivity index (χ1) is 21.8. The molecular weight excluding hydrogens is 534 g/mol. The van der Waals surface area contributed by atoms with E-state index >= 15 is 0 Å². The molecule has 0 N–H and O–H groups in total. The van der Waals surface area contributed by atoms with Gasteiger partial charge < -0.3 is 8.98 Å². The molecule has 0 aliphatic heterocycles. The molecule has 2 aromatic heterocycles.